The van der Waals surface area contributed by atoms with Gasteiger partial charge >= 0.3 is 0 Å². The van der Waals surface area contributed by atoms with E-state index in [0.717, 1.165) is 44.8 Å². The van der Waals surface area contributed by atoms with Gasteiger partial charge in [0.15, 0.2) is 0 Å². The van der Waals surface area contributed by atoms with Crippen LogP contribution in [0.3, 0.4) is 0 Å². The van der Waals surface area contributed by atoms with E-state index in [-0.39, 0.29) is 5.56 Å². The van der Waals surface area contributed by atoms with Crippen LogP contribution in [-0.2, 0) is 6.54 Å². The molecule has 5 rings (SSSR count). The molecule has 0 fully saturated rings. The van der Waals surface area contributed by atoms with Gasteiger partial charge in [-0.25, -0.2) is 9.67 Å². The van der Waals surface area contributed by atoms with Crippen LogP contribution in [0.1, 0.15) is 28.3 Å². The molecule has 3 aromatic heterocycles. The van der Waals surface area contributed by atoms with E-state index in [1.165, 1.54) is 0 Å². The van der Waals surface area contributed by atoms with Crippen molar-refractivity contribution >= 4 is 11.0 Å². The maximum atomic E-state index is 13.2. The summed E-state index contributed by atoms with van der Waals surface area (Å²) in [6.07, 6.45) is 0. The Balaban J connectivity index is 1.69. The average molecular weight is 425 g/mol. The molecular formula is C26H24N4O2. The number of hydrogen-bond acceptors (Lipinski definition) is 4. The molecule has 0 aliphatic rings. The van der Waals surface area contributed by atoms with Gasteiger partial charge in [-0.3, -0.25) is 9.36 Å². The van der Waals surface area contributed by atoms with E-state index in [4.69, 9.17) is 14.5 Å². The molecule has 0 N–H and O–H groups in total. The van der Waals surface area contributed by atoms with Crippen molar-refractivity contribution < 1.29 is 4.42 Å². The van der Waals surface area contributed by atoms with E-state index in [1.807, 2.05) is 87.0 Å². The van der Waals surface area contributed by atoms with Gasteiger partial charge < -0.3 is 4.42 Å². The molecule has 0 atom stereocenters. The van der Waals surface area contributed by atoms with Gasteiger partial charge in [0, 0.05) is 17.0 Å². The summed E-state index contributed by atoms with van der Waals surface area (Å²) < 4.78 is 9.58. The van der Waals surface area contributed by atoms with Crippen LogP contribution in [0.25, 0.3) is 28.2 Å². The van der Waals surface area contributed by atoms with E-state index in [9.17, 15) is 4.79 Å². The van der Waals surface area contributed by atoms with Gasteiger partial charge in [-0.15, -0.1) is 0 Å². The topological polar surface area (TPSA) is 65.8 Å². The quantitative estimate of drug-likeness (QED) is 0.401. The van der Waals surface area contributed by atoms with E-state index in [2.05, 4.69) is 0 Å². The van der Waals surface area contributed by atoms with Crippen molar-refractivity contribution in [3.8, 4) is 17.1 Å². The first-order valence-electron chi connectivity index (χ1n) is 10.6. The van der Waals surface area contributed by atoms with Crippen molar-refractivity contribution in [3.05, 3.63) is 99.3 Å². The second-order valence-corrected chi connectivity index (χ2v) is 8.12. The van der Waals surface area contributed by atoms with Crippen molar-refractivity contribution in [3.63, 3.8) is 0 Å². The number of fused-ring (bicyclic) bond motifs is 1. The Morgan fingerprint density at radius 1 is 0.906 bits per heavy atom. The van der Waals surface area contributed by atoms with Gasteiger partial charge in [0.2, 0.25) is 5.89 Å². The first-order valence-corrected chi connectivity index (χ1v) is 10.6. The zero-order chi connectivity index (χ0) is 22.4. The summed E-state index contributed by atoms with van der Waals surface area (Å²) in [5.41, 5.74) is 6.15. The maximum absolute atomic E-state index is 13.2. The van der Waals surface area contributed by atoms with Crippen LogP contribution in [0.2, 0.25) is 0 Å². The Labute approximate surface area is 185 Å². The lowest BCUT2D eigenvalue weighted by molar-refractivity contribution is 0.537. The third-order valence-corrected chi connectivity index (χ3v) is 5.87. The van der Waals surface area contributed by atoms with Gasteiger partial charge in [0.1, 0.15) is 17.1 Å². The summed E-state index contributed by atoms with van der Waals surface area (Å²) in [7, 11) is 0. The number of aromatic nitrogens is 4. The molecule has 6 heteroatoms. The van der Waals surface area contributed by atoms with E-state index < -0.39 is 0 Å². The number of benzene rings is 2. The van der Waals surface area contributed by atoms with E-state index in [1.54, 1.807) is 10.6 Å². The second kappa shape index (κ2) is 7.64. The molecule has 0 unspecified atom stereocenters. The molecule has 160 valence electrons. The summed E-state index contributed by atoms with van der Waals surface area (Å²) in [5, 5.41) is 5.74. The fraction of sp³-hybridized carbons (Fsp3) is 0.192. The highest BCUT2D eigenvalue weighted by molar-refractivity contribution is 5.83. The van der Waals surface area contributed by atoms with Crippen LogP contribution in [0, 0.1) is 27.7 Å². The van der Waals surface area contributed by atoms with Gasteiger partial charge in [-0.2, -0.15) is 5.10 Å². The minimum absolute atomic E-state index is 0.0908. The minimum Gasteiger partial charge on any atom is -0.441 e. The molecule has 0 spiro atoms. The molecule has 5 aromatic rings. The Morgan fingerprint density at radius 2 is 1.62 bits per heavy atom. The molecule has 0 radical (unpaired) electrons. The van der Waals surface area contributed by atoms with Gasteiger partial charge in [0.25, 0.3) is 5.56 Å². The predicted octanol–water partition coefficient (Wildman–Crippen LogP) is 5.12. The highest BCUT2D eigenvalue weighted by Gasteiger charge is 2.20. The molecule has 3 heterocycles. The van der Waals surface area contributed by atoms with Crippen LogP contribution in [0.15, 0.2) is 69.9 Å². The second-order valence-electron chi connectivity index (χ2n) is 8.12. The van der Waals surface area contributed by atoms with Crippen molar-refractivity contribution in [2.24, 2.45) is 0 Å². The summed E-state index contributed by atoms with van der Waals surface area (Å²) in [4.78, 5) is 17.9. The number of rotatable bonds is 4. The lowest BCUT2D eigenvalue weighted by Crippen LogP contribution is -2.23. The van der Waals surface area contributed by atoms with Crippen LogP contribution < -0.4 is 5.56 Å². The van der Waals surface area contributed by atoms with Crippen molar-refractivity contribution in [1.29, 1.82) is 0 Å². The van der Waals surface area contributed by atoms with Gasteiger partial charge in [-0.1, -0.05) is 36.4 Å². The Kier molecular flexibility index (Phi) is 4.78. The highest BCUT2D eigenvalue weighted by atomic mass is 16.4. The molecule has 2 aromatic carbocycles. The minimum atomic E-state index is -0.0908. The Morgan fingerprint density at radius 3 is 2.38 bits per heavy atom. The number of hydrogen-bond donors (Lipinski definition) is 0. The van der Waals surface area contributed by atoms with Crippen molar-refractivity contribution in [1.82, 2.24) is 19.3 Å². The average Bonchev–Trinajstić information content (AvgIpc) is 3.32. The zero-order valence-electron chi connectivity index (χ0n) is 18.6. The van der Waals surface area contributed by atoms with Crippen LogP contribution in [0.4, 0.5) is 0 Å². The molecule has 32 heavy (non-hydrogen) atoms. The molecule has 6 nitrogen and oxygen atoms in total. The molecule has 0 aliphatic carbocycles. The number of oxazole rings is 1. The number of para-hydroxylation sites is 1. The summed E-state index contributed by atoms with van der Waals surface area (Å²) >= 11 is 0. The third kappa shape index (κ3) is 3.24. The number of pyridine rings is 1. The molecule has 0 bridgehead atoms. The summed E-state index contributed by atoms with van der Waals surface area (Å²) in [6, 6.07) is 19.5. The van der Waals surface area contributed by atoms with Crippen molar-refractivity contribution in [2.45, 2.75) is 34.2 Å². The molecule has 0 amide bonds. The number of nitrogens with zero attached hydrogens (tertiary/aromatic N) is 4. The maximum Gasteiger partial charge on any atom is 0.252 e. The third-order valence-electron chi connectivity index (χ3n) is 5.87. The first kappa shape index (κ1) is 20.0. The largest absolute Gasteiger partial charge is 0.441 e. The van der Waals surface area contributed by atoms with Crippen molar-refractivity contribution in [2.75, 3.05) is 0 Å². The van der Waals surface area contributed by atoms with E-state index >= 15 is 0 Å². The normalized spacial score (nSPS) is 11.4. The van der Waals surface area contributed by atoms with Crippen LogP contribution in [-0.4, -0.2) is 19.3 Å². The molecular weight excluding hydrogens is 400 g/mol. The molecule has 0 aliphatic heterocycles. The lowest BCUT2D eigenvalue weighted by atomic mass is 10.1. The summed E-state index contributed by atoms with van der Waals surface area (Å²) in [6.45, 7) is 8.15. The SMILES string of the molecule is Cc1ccccc1-c1nc(Cn2c(=O)cc(C)c3c(C)nn(-c4ccccc4)c32)c(C)o1. The smallest absolute Gasteiger partial charge is 0.252 e. The molecule has 0 saturated heterocycles. The van der Waals surface area contributed by atoms with Gasteiger partial charge in [0.05, 0.1) is 17.9 Å². The van der Waals surface area contributed by atoms with Gasteiger partial charge in [-0.05, 0) is 57.0 Å². The van der Waals surface area contributed by atoms with E-state index in [0.29, 0.717) is 18.2 Å². The van der Waals surface area contributed by atoms with Crippen LogP contribution >= 0.6 is 0 Å². The van der Waals surface area contributed by atoms with Crippen LogP contribution in [0.5, 0.6) is 0 Å². The monoisotopic (exact) mass is 424 g/mol. The fourth-order valence-electron chi connectivity index (χ4n) is 4.22. The Hall–Kier alpha value is -3.93. The summed E-state index contributed by atoms with van der Waals surface area (Å²) in [5.74, 6) is 1.27. The fourth-order valence-corrected chi connectivity index (χ4v) is 4.22. The standard InChI is InChI=1S/C26H24N4O2/c1-16-10-8-9-13-21(16)25-27-22(19(4)32-25)15-29-23(31)14-17(2)24-18(3)28-30(26(24)29)20-11-6-5-7-12-20/h5-14H,15H2,1-4H3. The highest BCUT2D eigenvalue weighted by Crippen LogP contribution is 2.27. The first-order chi connectivity index (χ1) is 15.4. The Bertz CT molecular complexity index is 1510. The predicted molar refractivity (Wildman–Crippen MR) is 125 cm³/mol. The zero-order valence-corrected chi connectivity index (χ0v) is 18.6. The lowest BCUT2D eigenvalue weighted by Gasteiger charge is -2.11. The number of aryl methyl sites for hydroxylation is 4. The molecule has 0 saturated carbocycles.